The molecular weight excluding hydrogens is 222 g/mol. The van der Waals surface area contributed by atoms with Crippen LogP contribution in [0.25, 0.3) is 0 Å². The summed E-state index contributed by atoms with van der Waals surface area (Å²) in [6.45, 7) is 6.90. The molecule has 0 saturated heterocycles. The van der Waals surface area contributed by atoms with Crippen LogP contribution in [0.15, 0.2) is 12.4 Å². The van der Waals surface area contributed by atoms with Crippen molar-refractivity contribution in [1.29, 1.82) is 0 Å². The molecule has 6 heteroatoms. The normalized spacial score (nSPS) is 12.9. The zero-order chi connectivity index (χ0) is 13.1. The van der Waals surface area contributed by atoms with Crippen LogP contribution in [0, 0.1) is 0 Å². The maximum absolute atomic E-state index is 11.6. The molecule has 1 amide bonds. The van der Waals surface area contributed by atoms with E-state index in [1.54, 1.807) is 27.7 Å². The number of amides is 1. The highest BCUT2D eigenvalue weighted by Gasteiger charge is 2.23. The number of aromatic amines is 1. The van der Waals surface area contributed by atoms with Crippen LogP contribution in [0.3, 0.4) is 0 Å². The van der Waals surface area contributed by atoms with Gasteiger partial charge in [0.1, 0.15) is 11.6 Å². The smallest absolute Gasteiger partial charge is 0.328 e. The fraction of sp³-hybridized carbons (Fsp3) is 0.545. The highest BCUT2D eigenvalue weighted by Crippen LogP contribution is 2.08. The topological polar surface area (TPSA) is 84.1 Å². The molecule has 17 heavy (non-hydrogen) atoms. The van der Waals surface area contributed by atoms with Gasteiger partial charge < -0.3 is 10.1 Å². The second kappa shape index (κ2) is 4.99. The van der Waals surface area contributed by atoms with E-state index in [0.717, 1.165) is 0 Å². The van der Waals surface area contributed by atoms with Crippen LogP contribution in [-0.2, 0) is 9.53 Å². The van der Waals surface area contributed by atoms with Crippen molar-refractivity contribution in [3.63, 3.8) is 0 Å². The summed E-state index contributed by atoms with van der Waals surface area (Å²) in [6.07, 6.45) is 2.84. The van der Waals surface area contributed by atoms with Gasteiger partial charge in [-0.15, -0.1) is 0 Å². The van der Waals surface area contributed by atoms with E-state index in [1.165, 1.54) is 12.4 Å². The first-order valence-corrected chi connectivity index (χ1v) is 5.32. The number of nitrogens with zero attached hydrogens (tertiary/aromatic N) is 1. The lowest BCUT2D eigenvalue weighted by Gasteiger charge is -2.22. The van der Waals surface area contributed by atoms with Crippen molar-refractivity contribution in [2.24, 2.45) is 0 Å². The standard InChI is InChI=1S/C11H17N3O3/c1-7(10(16)17-11(2,3)4)14-9(15)8-5-12-13-6-8/h5-7H,1-4H3,(H,12,13)(H,14,15)/t7-/m0/s1. The van der Waals surface area contributed by atoms with Crippen LogP contribution < -0.4 is 5.32 Å². The Morgan fingerprint density at radius 3 is 2.59 bits per heavy atom. The highest BCUT2D eigenvalue weighted by molar-refractivity contribution is 5.96. The lowest BCUT2D eigenvalue weighted by Crippen LogP contribution is -2.42. The van der Waals surface area contributed by atoms with E-state index in [9.17, 15) is 9.59 Å². The number of nitrogens with one attached hydrogen (secondary N) is 2. The minimum absolute atomic E-state index is 0.364. The number of rotatable bonds is 3. The van der Waals surface area contributed by atoms with E-state index in [-0.39, 0.29) is 5.91 Å². The molecule has 0 aliphatic rings. The Labute approximate surface area is 99.7 Å². The molecule has 2 N–H and O–H groups in total. The quantitative estimate of drug-likeness (QED) is 0.766. The second-order valence-electron chi connectivity index (χ2n) is 4.72. The zero-order valence-electron chi connectivity index (χ0n) is 10.4. The first-order valence-electron chi connectivity index (χ1n) is 5.32. The minimum atomic E-state index is -0.698. The van der Waals surface area contributed by atoms with E-state index in [2.05, 4.69) is 15.5 Å². The summed E-state index contributed by atoms with van der Waals surface area (Å²) in [7, 11) is 0. The average molecular weight is 239 g/mol. The molecule has 94 valence electrons. The predicted molar refractivity (Wildman–Crippen MR) is 61.4 cm³/mol. The highest BCUT2D eigenvalue weighted by atomic mass is 16.6. The van der Waals surface area contributed by atoms with E-state index in [4.69, 9.17) is 4.74 Å². The van der Waals surface area contributed by atoms with Gasteiger partial charge in [0.05, 0.1) is 11.8 Å². The lowest BCUT2D eigenvalue weighted by atomic mass is 10.2. The van der Waals surface area contributed by atoms with E-state index < -0.39 is 17.6 Å². The molecule has 0 unspecified atom stereocenters. The summed E-state index contributed by atoms with van der Waals surface area (Å²) in [5, 5.41) is 8.71. The minimum Gasteiger partial charge on any atom is -0.458 e. The summed E-state index contributed by atoms with van der Waals surface area (Å²) >= 11 is 0. The van der Waals surface area contributed by atoms with Gasteiger partial charge in [-0.2, -0.15) is 5.10 Å². The molecule has 0 spiro atoms. The molecule has 0 bridgehead atoms. The lowest BCUT2D eigenvalue weighted by molar-refractivity contribution is -0.156. The molecule has 0 radical (unpaired) electrons. The summed E-state index contributed by atoms with van der Waals surface area (Å²) in [5.41, 5.74) is -0.188. The molecule has 6 nitrogen and oxygen atoms in total. The predicted octanol–water partition coefficient (Wildman–Crippen LogP) is 0.870. The van der Waals surface area contributed by atoms with Crippen LogP contribution in [0.1, 0.15) is 38.1 Å². The Kier molecular flexibility index (Phi) is 3.88. The zero-order valence-corrected chi connectivity index (χ0v) is 10.4. The first kappa shape index (κ1) is 13.2. The van der Waals surface area contributed by atoms with Gasteiger partial charge in [0.2, 0.25) is 0 Å². The third-order valence-corrected chi connectivity index (χ3v) is 1.87. The number of H-pyrrole nitrogens is 1. The number of hydrogen-bond acceptors (Lipinski definition) is 4. The molecule has 0 fully saturated rings. The average Bonchev–Trinajstić information content (AvgIpc) is 2.67. The van der Waals surface area contributed by atoms with Gasteiger partial charge >= 0.3 is 5.97 Å². The van der Waals surface area contributed by atoms with Crippen molar-refractivity contribution in [2.75, 3.05) is 0 Å². The maximum atomic E-state index is 11.6. The van der Waals surface area contributed by atoms with Gasteiger partial charge in [0, 0.05) is 6.20 Å². The number of ether oxygens (including phenoxy) is 1. The summed E-state index contributed by atoms with van der Waals surface area (Å²) in [4.78, 5) is 23.2. The van der Waals surface area contributed by atoms with E-state index in [1.807, 2.05) is 0 Å². The molecule has 1 aromatic rings. The third kappa shape index (κ3) is 4.26. The molecular formula is C11H17N3O3. The van der Waals surface area contributed by atoms with Gasteiger partial charge in [-0.25, -0.2) is 4.79 Å². The molecule has 1 rings (SSSR count). The molecule has 1 heterocycles. The summed E-state index contributed by atoms with van der Waals surface area (Å²) < 4.78 is 5.14. The van der Waals surface area contributed by atoms with Gasteiger partial charge in [0.15, 0.2) is 0 Å². The van der Waals surface area contributed by atoms with Gasteiger partial charge in [0.25, 0.3) is 5.91 Å². The monoisotopic (exact) mass is 239 g/mol. The number of carbonyl (C=O) groups excluding carboxylic acids is 2. The van der Waals surface area contributed by atoms with Crippen LogP contribution >= 0.6 is 0 Å². The third-order valence-electron chi connectivity index (χ3n) is 1.87. The molecule has 0 aliphatic carbocycles. The van der Waals surface area contributed by atoms with E-state index >= 15 is 0 Å². The number of carbonyl (C=O) groups is 2. The molecule has 1 aromatic heterocycles. The second-order valence-corrected chi connectivity index (χ2v) is 4.72. The number of hydrogen-bond donors (Lipinski definition) is 2. The maximum Gasteiger partial charge on any atom is 0.328 e. The van der Waals surface area contributed by atoms with Crippen LogP contribution in [-0.4, -0.2) is 33.7 Å². The molecule has 0 aromatic carbocycles. The van der Waals surface area contributed by atoms with Gasteiger partial charge in [-0.3, -0.25) is 9.89 Å². The van der Waals surface area contributed by atoms with Crippen molar-refractivity contribution >= 4 is 11.9 Å². The van der Waals surface area contributed by atoms with Gasteiger partial charge in [-0.1, -0.05) is 0 Å². The Bertz CT molecular complexity index is 393. The van der Waals surface area contributed by atoms with Gasteiger partial charge in [-0.05, 0) is 27.7 Å². The fourth-order valence-electron chi connectivity index (χ4n) is 1.10. The largest absolute Gasteiger partial charge is 0.458 e. The number of esters is 1. The molecule has 0 aliphatic heterocycles. The Morgan fingerprint density at radius 1 is 1.47 bits per heavy atom. The Morgan fingerprint density at radius 2 is 2.12 bits per heavy atom. The fourth-order valence-corrected chi connectivity index (χ4v) is 1.10. The van der Waals surface area contributed by atoms with Crippen molar-refractivity contribution < 1.29 is 14.3 Å². The van der Waals surface area contributed by atoms with Crippen LogP contribution in [0.4, 0.5) is 0 Å². The van der Waals surface area contributed by atoms with Crippen molar-refractivity contribution in [2.45, 2.75) is 39.3 Å². The molecule has 1 atom stereocenters. The SMILES string of the molecule is C[C@H](NC(=O)c1cn[nH]c1)C(=O)OC(C)(C)C. The summed E-state index contributed by atoms with van der Waals surface area (Å²) in [6, 6.07) is -0.698. The van der Waals surface area contributed by atoms with Crippen molar-refractivity contribution in [3.8, 4) is 0 Å². The van der Waals surface area contributed by atoms with Crippen molar-refractivity contribution in [1.82, 2.24) is 15.5 Å². The van der Waals surface area contributed by atoms with Crippen LogP contribution in [0.2, 0.25) is 0 Å². The number of aromatic nitrogens is 2. The van der Waals surface area contributed by atoms with E-state index in [0.29, 0.717) is 5.56 Å². The molecule has 0 saturated carbocycles. The Balaban J connectivity index is 2.52. The first-order chi connectivity index (χ1) is 7.79. The Hall–Kier alpha value is -1.85. The van der Waals surface area contributed by atoms with Crippen molar-refractivity contribution in [3.05, 3.63) is 18.0 Å². The van der Waals surface area contributed by atoms with Crippen LogP contribution in [0.5, 0.6) is 0 Å². The summed E-state index contributed by atoms with van der Waals surface area (Å²) in [5.74, 6) is -0.827.